The molecule has 0 amide bonds. The Balaban J connectivity index is 2.00. The first kappa shape index (κ1) is 11.6. The molecule has 1 aromatic carbocycles. The van der Waals surface area contributed by atoms with Gasteiger partial charge in [-0.05, 0) is 24.8 Å². The summed E-state index contributed by atoms with van der Waals surface area (Å²) in [7, 11) is 0. The molecule has 0 aliphatic carbocycles. The molecule has 2 rings (SSSR count). The third-order valence-corrected chi connectivity index (χ3v) is 3.99. The lowest BCUT2D eigenvalue weighted by Crippen LogP contribution is -2.51. The summed E-state index contributed by atoms with van der Waals surface area (Å²) >= 11 is 0. The van der Waals surface area contributed by atoms with Crippen molar-refractivity contribution >= 4 is 0 Å². The second kappa shape index (κ2) is 4.98. The van der Waals surface area contributed by atoms with Crippen LogP contribution in [-0.2, 0) is 6.54 Å². The Morgan fingerprint density at radius 1 is 1.25 bits per heavy atom. The van der Waals surface area contributed by atoms with Gasteiger partial charge in [-0.3, -0.25) is 4.90 Å². The Morgan fingerprint density at radius 3 is 2.62 bits per heavy atom. The zero-order valence-corrected chi connectivity index (χ0v) is 10.3. The second-order valence-electron chi connectivity index (χ2n) is 5.01. The fourth-order valence-corrected chi connectivity index (χ4v) is 2.51. The third kappa shape index (κ3) is 2.45. The zero-order valence-electron chi connectivity index (χ0n) is 10.3. The molecule has 88 valence electrons. The molecule has 1 fully saturated rings. The molecule has 0 unspecified atom stereocenters. The van der Waals surface area contributed by atoms with Crippen LogP contribution in [0.1, 0.15) is 25.8 Å². The van der Waals surface area contributed by atoms with Crippen molar-refractivity contribution in [1.29, 1.82) is 0 Å². The molecule has 0 saturated carbocycles. The van der Waals surface area contributed by atoms with Crippen LogP contribution in [0.4, 0.5) is 0 Å². The quantitative estimate of drug-likeness (QED) is 0.825. The van der Waals surface area contributed by atoms with Crippen LogP contribution in [0.25, 0.3) is 0 Å². The molecule has 2 heteroatoms. The molecule has 0 aromatic heterocycles. The average molecular weight is 218 g/mol. The molecular weight excluding hydrogens is 196 g/mol. The van der Waals surface area contributed by atoms with E-state index in [-0.39, 0.29) is 0 Å². The Kier molecular flexibility index (Phi) is 3.62. The molecule has 3 atom stereocenters. The van der Waals surface area contributed by atoms with Crippen molar-refractivity contribution in [3.63, 3.8) is 0 Å². The van der Waals surface area contributed by atoms with Gasteiger partial charge in [-0.25, -0.2) is 0 Å². The predicted octanol–water partition coefficient (Wildman–Crippen LogP) is 2.24. The minimum atomic E-state index is 0.377. The highest BCUT2D eigenvalue weighted by Crippen LogP contribution is 2.23. The maximum absolute atomic E-state index is 6.10. The Hall–Kier alpha value is -0.860. The van der Waals surface area contributed by atoms with Crippen LogP contribution in [0.5, 0.6) is 0 Å². The van der Waals surface area contributed by atoms with Crippen LogP contribution >= 0.6 is 0 Å². The Labute approximate surface area is 98.4 Å². The van der Waals surface area contributed by atoms with Crippen molar-refractivity contribution in [3.05, 3.63) is 35.9 Å². The van der Waals surface area contributed by atoms with Crippen LogP contribution in [0.2, 0.25) is 0 Å². The largest absolute Gasteiger partial charge is 0.327 e. The highest BCUT2D eigenvalue weighted by Gasteiger charge is 2.29. The second-order valence-corrected chi connectivity index (χ2v) is 5.01. The van der Waals surface area contributed by atoms with Crippen molar-refractivity contribution in [3.8, 4) is 0 Å². The Bertz CT molecular complexity index is 323. The molecule has 16 heavy (non-hydrogen) atoms. The van der Waals surface area contributed by atoms with Crippen molar-refractivity contribution in [2.75, 3.05) is 6.54 Å². The predicted molar refractivity (Wildman–Crippen MR) is 68.1 cm³/mol. The third-order valence-electron chi connectivity index (χ3n) is 3.99. The minimum Gasteiger partial charge on any atom is -0.327 e. The van der Waals surface area contributed by atoms with Gasteiger partial charge in [0.1, 0.15) is 0 Å². The highest BCUT2D eigenvalue weighted by atomic mass is 15.2. The molecular formula is C14H22N2. The van der Waals surface area contributed by atoms with Crippen molar-refractivity contribution in [1.82, 2.24) is 4.90 Å². The van der Waals surface area contributed by atoms with Crippen LogP contribution in [0.3, 0.4) is 0 Å². The van der Waals surface area contributed by atoms with Crippen LogP contribution in [-0.4, -0.2) is 23.5 Å². The first-order valence-corrected chi connectivity index (χ1v) is 6.22. The number of nitrogens with two attached hydrogens (primary N) is 1. The van der Waals surface area contributed by atoms with Gasteiger partial charge in [0.25, 0.3) is 0 Å². The van der Waals surface area contributed by atoms with E-state index < -0.39 is 0 Å². The summed E-state index contributed by atoms with van der Waals surface area (Å²) in [5, 5.41) is 0. The molecule has 2 nitrogen and oxygen atoms in total. The first-order valence-electron chi connectivity index (χ1n) is 6.22. The lowest BCUT2D eigenvalue weighted by molar-refractivity contribution is 0.0910. The van der Waals surface area contributed by atoms with Crippen LogP contribution in [0.15, 0.2) is 30.3 Å². The fourth-order valence-electron chi connectivity index (χ4n) is 2.51. The van der Waals surface area contributed by atoms with E-state index in [4.69, 9.17) is 5.73 Å². The van der Waals surface area contributed by atoms with Gasteiger partial charge in [0.15, 0.2) is 0 Å². The minimum absolute atomic E-state index is 0.377. The van der Waals surface area contributed by atoms with Gasteiger partial charge < -0.3 is 5.73 Å². The summed E-state index contributed by atoms with van der Waals surface area (Å²) in [6, 6.07) is 11.7. The van der Waals surface area contributed by atoms with Crippen molar-refractivity contribution < 1.29 is 0 Å². The molecule has 1 heterocycles. The zero-order chi connectivity index (χ0) is 11.5. The van der Waals surface area contributed by atoms with E-state index in [1.807, 2.05) is 0 Å². The maximum atomic E-state index is 6.10. The molecule has 0 spiro atoms. The number of nitrogens with zero attached hydrogens (tertiary/aromatic N) is 1. The van der Waals surface area contributed by atoms with E-state index in [1.54, 1.807) is 0 Å². The number of rotatable bonds is 2. The lowest BCUT2D eigenvalue weighted by atomic mass is 9.87. The van der Waals surface area contributed by atoms with Gasteiger partial charge >= 0.3 is 0 Å². The van der Waals surface area contributed by atoms with Crippen molar-refractivity contribution in [2.45, 2.75) is 38.9 Å². The van der Waals surface area contributed by atoms with Gasteiger partial charge in [-0.2, -0.15) is 0 Å². The maximum Gasteiger partial charge on any atom is 0.0236 e. The standard InChI is InChI=1S/C14H22N2/c1-11-12(2)16(9-8-14(11)15)10-13-6-4-3-5-7-13/h3-7,11-12,14H,8-10,15H2,1-2H3/t11-,12+,14+/m1/s1. The molecule has 0 radical (unpaired) electrons. The topological polar surface area (TPSA) is 29.3 Å². The molecule has 0 bridgehead atoms. The van der Waals surface area contributed by atoms with Crippen LogP contribution in [0, 0.1) is 5.92 Å². The molecule has 1 aliphatic heterocycles. The number of hydrogen-bond acceptors (Lipinski definition) is 2. The number of benzene rings is 1. The van der Waals surface area contributed by atoms with E-state index >= 15 is 0 Å². The SMILES string of the molecule is C[C@H]1[C@@H](N)CCN(Cc2ccccc2)[C@H]1C. The smallest absolute Gasteiger partial charge is 0.0236 e. The average Bonchev–Trinajstić information content (AvgIpc) is 2.31. The van der Waals surface area contributed by atoms with E-state index in [2.05, 4.69) is 49.1 Å². The molecule has 2 N–H and O–H groups in total. The van der Waals surface area contributed by atoms with E-state index in [0.717, 1.165) is 19.5 Å². The van der Waals surface area contributed by atoms with Gasteiger partial charge in [0, 0.05) is 25.2 Å². The summed E-state index contributed by atoms with van der Waals surface area (Å²) in [5.74, 6) is 0.595. The summed E-state index contributed by atoms with van der Waals surface area (Å²) in [4.78, 5) is 2.54. The van der Waals surface area contributed by atoms with Gasteiger partial charge in [0.2, 0.25) is 0 Å². The summed E-state index contributed by atoms with van der Waals surface area (Å²) in [6.07, 6.45) is 1.12. The summed E-state index contributed by atoms with van der Waals surface area (Å²) in [6.45, 7) is 6.75. The normalized spacial score (nSPS) is 31.6. The molecule has 1 aliphatic rings. The Morgan fingerprint density at radius 2 is 1.94 bits per heavy atom. The summed E-state index contributed by atoms with van der Waals surface area (Å²) < 4.78 is 0. The van der Waals surface area contributed by atoms with E-state index in [0.29, 0.717) is 18.0 Å². The number of piperidine rings is 1. The van der Waals surface area contributed by atoms with Gasteiger partial charge in [-0.15, -0.1) is 0 Å². The van der Waals surface area contributed by atoms with E-state index in [9.17, 15) is 0 Å². The van der Waals surface area contributed by atoms with Crippen LogP contribution < -0.4 is 5.73 Å². The fraction of sp³-hybridized carbons (Fsp3) is 0.571. The monoisotopic (exact) mass is 218 g/mol. The molecule has 1 saturated heterocycles. The first-order chi connectivity index (χ1) is 7.68. The number of likely N-dealkylation sites (tertiary alicyclic amines) is 1. The van der Waals surface area contributed by atoms with E-state index in [1.165, 1.54) is 5.56 Å². The summed E-state index contributed by atoms with van der Waals surface area (Å²) in [5.41, 5.74) is 7.50. The van der Waals surface area contributed by atoms with Crippen molar-refractivity contribution in [2.24, 2.45) is 11.7 Å². The van der Waals surface area contributed by atoms with Gasteiger partial charge in [0.05, 0.1) is 0 Å². The molecule has 1 aromatic rings. The number of hydrogen-bond donors (Lipinski definition) is 1. The lowest BCUT2D eigenvalue weighted by Gasteiger charge is -2.41. The van der Waals surface area contributed by atoms with Gasteiger partial charge in [-0.1, -0.05) is 37.3 Å². The highest BCUT2D eigenvalue weighted by molar-refractivity contribution is 5.14.